The van der Waals surface area contributed by atoms with Crippen LogP contribution >= 0.6 is 0 Å². The van der Waals surface area contributed by atoms with Crippen LogP contribution in [0.25, 0.3) is 0 Å². The van der Waals surface area contributed by atoms with Gasteiger partial charge in [-0.05, 0) is 30.6 Å². The van der Waals surface area contributed by atoms with Gasteiger partial charge in [0.05, 0.1) is 0 Å². The van der Waals surface area contributed by atoms with Gasteiger partial charge in [-0.15, -0.1) is 0 Å². The lowest BCUT2D eigenvalue weighted by atomic mass is 9.80. The highest BCUT2D eigenvalue weighted by atomic mass is 16.2. The molecule has 2 unspecified atom stereocenters. The molecule has 0 aromatic carbocycles. The zero-order valence-electron chi connectivity index (χ0n) is 11.8. The summed E-state index contributed by atoms with van der Waals surface area (Å²) in [6.45, 7) is 10.3. The number of hydrogen-bond acceptors (Lipinski definition) is 2. The summed E-state index contributed by atoms with van der Waals surface area (Å²) in [5.74, 6) is 0.706. The molecule has 2 atom stereocenters. The first kappa shape index (κ1) is 14.5. The lowest BCUT2D eigenvalue weighted by Gasteiger charge is -2.37. The molecule has 3 heteroatoms. The van der Waals surface area contributed by atoms with E-state index in [0.717, 1.165) is 19.4 Å². The summed E-state index contributed by atoms with van der Waals surface area (Å²) < 4.78 is 0. The molecule has 0 bridgehead atoms. The monoisotopic (exact) mass is 240 g/mol. The van der Waals surface area contributed by atoms with Gasteiger partial charge in [-0.3, -0.25) is 4.79 Å². The lowest BCUT2D eigenvalue weighted by molar-refractivity contribution is -0.136. The number of amides is 1. The molecule has 0 spiro atoms. The molecule has 1 amide bonds. The standard InChI is InChI=1S/C14H28N2O/c1-11(14(2,3)4)9-13(17)16-8-6-5-7-12(16)10-15/h11-12H,5-10,15H2,1-4H3. The normalized spacial score (nSPS) is 23.6. The molecular weight excluding hydrogens is 212 g/mol. The van der Waals surface area contributed by atoms with Crippen molar-refractivity contribution in [1.82, 2.24) is 4.90 Å². The van der Waals surface area contributed by atoms with Crippen molar-refractivity contribution in [2.24, 2.45) is 17.1 Å². The Hall–Kier alpha value is -0.570. The van der Waals surface area contributed by atoms with Crippen LogP contribution in [0, 0.1) is 11.3 Å². The van der Waals surface area contributed by atoms with E-state index in [0.29, 0.717) is 24.8 Å². The van der Waals surface area contributed by atoms with E-state index < -0.39 is 0 Å². The van der Waals surface area contributed by atoms with Crippen molar-refractivity contribution in [2.75, 3.05) is 13.1 Å². The van der Waals surface area contributed by atoms with E-state index in [4.69, 9.17) is 5.73 Å². The van der Waals surface area contributed by atoms with Gasteiger partial charge in [0, 0.05) is 25.6 Å². The summed E-state index contributed by atoms with van der Waals surface area (Å²) in [6.07, 6.45) is 4.07. The SMILES string of the molecule is CC(CC(=O)N1CCCCC1CN)C(C)(C)C. The molecule has 1 aliphatic heterocycles. The zero-order valence-corrected chi connectivity index (χ0v) is 11.8. The summed E-state index contributed by atoms with van der Waals surface area (Å²) in [6, 6.07) is 0.281. The van der Waals surface area contributed by atoms with Crippen LogP contribution in [-0.2, 0) is 4.79 Å². The van der Waals surface area contributed by atoms with Crippen molar-refractivity contribution in [1.29, 1.82) is 0 Å². The van der Waals surface area contributed by atoms with Crippen LogP contribution < -0.4 is 5.73 Å². The number of rotatable bonds is 3. The third kappa shape index (κ3) is 3.98. The number of likely N-dealkylation sites (tertiary alicyclic amines) is 1. The second kappa shape index (κ2) is 5.85. The van der Waals surface area contributed by atoms with E-state index >= 15 is 0 Å². The Labute approximate surface area is 106 Å². The van der Waals surface area contributed by atoms with Crippen LogP contribution in [0.3, 0.4) is 0 Å². The Balaban J connectivity index is 2.56. The summed E-state index contributed by atoms with van der Waals surface area (Å²) in [5, 5.41) is 0. The van der Waals surface area contributed by atoms with Gasteiger partial charge in [-0.2, -0.15) is 0 Å². The number of carbonyl (C=O) groups excluding carboxylic acids is 1. The summed E-state index contributed by atoms with van der Waals surface area (Å²) >= 11 is 0. The fourth-order valence-electron chi connectivity index (χ4n) is 2.26. The number of nitrogens with zero attached hydrogens (tertiary/aromatic N) is 1. The first-order valence-electron chi connectivity index (χ1n) is 6.85. The van der Waals surface area contributed by atoms with E-state index in [9.17, 15) is 4.79 Å². The summed E-state index contributed by atoms with van der Waals surface area (Å²) in [7, 11) is 0. The van der Waals surface area contributed by atoms with Crippen molar-refractivity contribution in [3.8, 4) is 0 Å². The Morgan fingerprint density at radius 1 is 1.41 bits per heavy atom. The first-order chi connectivity index (χ1) is 7.86. The second-order valence-corrected chi connectivity index (χ2v) is 6.44. The predicted molar refractivity (Wildman–Crippen MR) is 71.6 cm³/mol. The molecule has 1 rings (SSSR count). The maximum Gasteiger partial charge on any atom is 0.223 e. The Morgan fingerprint density at radius 2 is 2.06 bits per heavy atom. The largest absolute Gasteiger partial charge is 0.338 e. The van der Waals surface area contributed by atoms with E-state index in [1.165, 1.54) is 6.42 Å². The minimum absolute atomic E-state index is 0.198. The minimum atomic E-state index is 0.198. The Morgan fingerprint density at radius 3 is 2.59 bits per heavy atom. The molecule has 0 aliphatic carbocycles. The number of nitrogens with two attached hydrogens (primary N) is 1. The van der Waals surface area contributed by atoms with Crippen molar-refractivity contribution in [3.63, 3.8) is 0 Å². The Bertz CT molecular complexity index is 257. The molecule has 17 heavy (non-hydrogen) atoms. The fraction of sp³-hybridized carbons (Fsp3) is 0.929. The van der Waals surface area contributed by atoms with Crippen LogP contribution in [0.1, 0.15) is 53.4 Å². The smallest absolute Gasteiger partial charge is 0.223 e. The molecule has 2 N–H and O–H groups in total. The number of piperidine rings is 1. The predicted octanol–water partition coefficient (Wildman–Crippen LogP) is 2.40. The average Bonchev–Trinajstić information content (AvgIpc) is 2.27. The van der Waals surface area contributed by atoms with E-state index in [-0.39, 0.29) is 11.5 Å². The number of carbonyl (C=O) groups is 1. The molecule has 100 valence electrons. The van der Waals surface area contributed by atoms with Crippen LogP contribution in [0.4, 0.5) is 0 Å². The second-order valence-electron chi connectivity index (χ2n) is 6.44. The molecule has 1 saturated heterocycles. The van der Waals surface area contributed by atoms with E-state index in [2.05, 4.69) is 27.7 Å². The molecule has 0 saturated carbocycles. The van der Waals surface area contributed by atoms with Gasteiger partial charge < -0.3 is 10.6 Å². The Kier molecular flexibility index (Phi) is 4.99. The first-order valence-corrected chi connectivity index (χ1v) is 6.85. The molecule has 1 aliphatic rings. The maximum atomic E-state index is 12.3. The summed E-state index contributed by atoms with van der Waals surface area (Å²) in [5.41, 5.74) is 5.95. The van der Waals surface area contributed by atoms with Gasteiger partial charge in [0.15, 0.2) is 0 Å². The van der Waals surface area contributed by atoms with E-state index in [1.54, 1.807) is 0 Å². The minimum Gasteiger partial charge on any atom is -0.338 e. The molecule has 0 aromatic heterocycles. The molecule has 0 radical (unpaired) electrons. The van der Waals surface area contributed by atoms with Crippen molar-refractivity contribution in [2.45, 2.75) is 59.4 Å². The molecule has 1 fully saturated rings. The van der Waals surface area contributed by atoms with Gasteiger partial charge in [0.25, 0.3) is 0 Å². The highest BCUT2D eigenvalue weighted by Gasteiger charge is 2.29. The van der Waals surface area contributed by atoms with E-state index in [1.807, 2.05) is 4.90 Å². The van der Waals surface area contributed by atoms with Gasteiger partial charge in [-0.25, -0.2) is 0 Å². The third-order valence-electron chi connectivity index (χ3n) is 4.18. The van der Waals surface area contributed by atoms with Gasteiger partial charge >= 0.3 is 0 Å². The quantitative estimate of drug-likeness (QED) is 0.823. The third-order valence-corrected chi connectivity index (χ3v) is 4.18. The average molecular weight is 240 g/mol. The van der Waals surface area contributed by atoms with Crippen LogP contribution in [0.15, 0.2) is 0 Å². The molecular formula is C14H28N2O. The van der Waals surface area contributed by atoms with Crippen molar-refractivity contribution < 1.29 is 4.79 Å². The highest BCUT2D eigenvalue weighted by molar-refractivity contribution is 5.77. The van der Waals surface area contributed by atoms with Gasteiger partial charge in [0.1, 0.15) is 0 Å². The summed E-state index contributed by atoms with van der Waals surface area (Å²) in [4.78, 5) is 14.3. The molecule has 1 heterocycles. The fourth-order valence-corrected chi connectivity index (χ4v) is 2.26. The van der Waals surface area contributed by atoms with Crippen LogP contribution in [0.5, 0.6) is 0 Å². The van der Waals surface area contributed by atoms with Gasteiger partial charge in [-0.1, -0.05) is 27.7 Å². The lowest BCUT2D eigenvalue weighted by Crippen LogP contribution is -2.48. The van der Waals surface area contributed by atoms with Crippen LogP contribution in [0.2, 0.25) is 0 Å². The molecule has 0 aromatic rings. The van der Waals surface area contributed by atoms with Crippen LogP contribution in [-0.4, -0.2) is 29.9 Å². The number of hydrogen-bond donors (Lipinski definition) is 1. The molecule has 3 nitrogen and oxygen atoms in total. The van der Waals surface area contributed by atoms with Gasteiger partial charge in [0.2, 0.25) is 5.91 Å². The maximum absolute atomic E-state index is 12.3. The van der Waals surface area contributed by atoms with Crippen molar-refractivity contribution >= 4 is 5.91 Å². The topological polar surface area (TPSA) is 46.3 Å². The zero-order chi connectivity index (χ0) is 13.1. The highest BCUT2D eigenvalue weighted by Crippen LogP contribution is 2.29. The van der Waals surface area contributed by atoms with Crippen molar-refractivity contribution in [3.05, 3.63) is 0 Å².